The van der Waals surface area contributed by atoms with Crippen LogP contribution in [0.1, 0.15) is 44.2 Å². The second kappa shape index (κ2) is 8.69. The average molecular weight is 390 g/mol. The first-order valence-electron chi connectivity index (χ1n) is 8.95. The number of aryl methyl sites for hydroxylation is 2. The highest BCUT2D eigenvalue weighted by Gasteiger charge is 2.18. The SMILES string of the molecule is Cc1ccc(C(CNC(=O)c2ccc(C#N)c(C)c2)c2ccc(Cl)cc2)nc1. The highest BCUT2D eigenvalue weighted by Crippen LogP contribution is 2.24. The monoisotopic (exact) mass is 389 g/mol. The van der Waals surface area contributed by atoms with E-state index in [1.807, 2.05) is 56.4 Å². The van der Waals surface area contributed by atoms with Crippen molar-refractivity contribution < 1.29 is 4.79 Å². The Kier molecular flexibility index (Phi) is 6.08. The van der Waals surface area contributed by atoms with E-state index in [4.69, 9.17) is 16.9 Å². The molecule has 1 aromatic heterocycles. The van der Waals surface area contributed by atoms with Gasteiger partial charge < -0.3 is 5.32 Å². The van der Waals surface area contributed by atoms with Crippen molar-refractivity contribution in [2.75, 3.05) is 6.54 Å². The molecule has 0 fully saturated rings. The summed E-state index contributed by atoms with van der Waals surface area (Å²) in [4.78, 5) is 17.2. The van der Waals surface area contributed by atoms with Gasteiger partial charge in [0, 0.05) is 34.9 Å². The van der Waals surface area contributed by atoms with Crippen LogP contribution < -0.4 is 5.32 Å². The summed E-state index contributed by atoms with van der Waals surface area (Å²) in [5, 5.41) is 12.7. The second-order valence-electron chi connectivity index (χ2n) is 6.72. The molecule has 1 N–H and O–H groups in total. The van der Waals surface area contributed by atoms with Gasteiger partial charge in [-0.3, -0.25) is 9.78 Å². The lowest BCUT2D eigenvalue weighted by atomic mass is 9.94. The number of nitriles is 1. The summed E-state index contributed by atoms with van der Waals surface area (Å²) in [5.74, 6) is -0.278. The van der Waals surface area contributed by atoms with Crippen molar-refractivity contribution in [2.24, 2.45) is 0 Å². The Morgan fingerprint density at radius 2 is 1.89 bits per heavy atom. The number of carbonyl (C=O) groups is 1. The van der Waals surface area contributed by atoms with Crippen LogP contribution in [0.25, 0.3) is 0 Å². The Hall–Kier alpha value is -3.16. The Bertz CT molecular complexity index is 976. The molecule has 140 valence electrons. The molecule has 1 heterocycles. The first-order valence-corrected chi connectivity index (χ1v) is 9.32. The van der Waals surface area contributed by atoms with Gasteiger partial charge in [-0.15, -0.1) is 0 Å². The molecule has 1 unspecified atom stereocenters. The third-order valence-corrected chi connectivity index (χ3v) is 4.89. The minimum atomic E-state index is -0.182. The molecule has 0 saturated carbocycles. The van der Waals surface area contributed by atoms with E-state index in [1.165, 1.54) is 0 Å². The van der Waals surface area contributed by atoms with Crippen molar-refractivity contribution in [1.82, 2.24) is 10.3 Å². The Morgan fingerprint density at radius 3 is 2.50 bits per heavy atom. The Balaban J connectivity index is 1.82. The van der Waals surface area contributed by atoms with E-state index in [9.17, 15) is 4.79 Å². The van der Waals surface area contributed by atoms with E-state index in [2.05, 4.69) is 16.4 Å². The summed E-state index contributed by atoms with van der Waals surface area (Å²) in [5.41, 5.74) is 4.87. The van der Waals surface area contributed by atoms with Crippen molar-refractivity contribution >= 4 is 17.5 Å². The number of pyridine rings is 1. The predicted molar refractivity (Wildman–Crippen MR) is 110 cm³/mol. The number of nitrogens with zero attached hydrogens (tertiary/aromatic N) is 2. The zero-order valence-corrected chi connectivity index (χ0v) is 16.5. The van der Waals surface area contributed by atoms with Gasteiger partial charge in [-0.25, -0.2) is 0 Å². The summed E-state index contributed by atoms with van der Waals surface area (Å²) < 4.78 is 0. The van der Waals surface area contributed by atoms with Gasteiger partial charge in [0.15, 0.2) is 0 Å². The van der Waals surface area contributed by atoms with E-state index in [0.29, 0.717) is 22.7 Å². The first-order chi connectivity index (χ1) is 13.5. The van der Waals surface area contributed by atoms with Gasteiger partial charge in [0.05, 0.1) is 11.6 Å². The van der Waals surface area contributed by atoms with Gasteiger partial charge in [-0.2, -0.15) is 5.26 Å². The number of halogens is 1. The van der Waals surface area contributed by atoms with Crippen LogP contribution in [0.4, 0.5) is 0 Å². The standard InChI is InChI=1S/C23H20ClN3O/c1-15-3-10-22(26-13-15)21(17-6-8-20(24)9-7-17)14-27-23(28)18-4-5-19(12-25)16(2)11-18/h3-11,13,21H,14H2,1-2H3,(H,27,28). The van der Waals surface area contributed by atoms with Crippen LogP contribution in [0, 0.1) is 25.2 Å². The fourth-order valence-electron chi connectivity index (χ4n) is 3.00. The van der Waals surface area contributed by atoms with Gasteiger partial charge in [-0.05, 0) is 66.9 Å². The summed E-state index contributed by atoms with van der Waals surface area (Å²) in [6.45, 7) is 4.21. The molecular formula is C23H20ClN3O. The van der Waals surface area contributed by atoms with Gasteiger partial charge in [-0.1, -0.05) is 29.8 Å². The minimum absolute atomic E-state index is 0.0960. The number of nitrogens with one attached hydrogen (secondary N) is 1. The second-order valence-corrected chi connectivity index (χ2v) is 7.15. The lowest BCUT2D eigenvalue weighted by Crippen LogP contribution is -2.29. The van der Waals surface area contributed by atoms with E-state index in [0.717, 1.165) is 22.4 Å². The molecule has 0 saturated heterocycles. The Labute approximate surface area is 169 Å². The van der Waals surface area contributed by atoms with Crippen LogP contribution >= 0.6 is 11.6 Å². The van der Waals surface area contributed by atoms with Crippen LogP contribution in [-0.4, -0.2) is 17.4 Å². The largest absolute Gasteiger partial charge is 0.351 e. The molecule has 0 radical (unpaired) electrons. The molecule has 28 heavy (non-hydrogen) atoms. The molecule has 0 spiro atoms. The summed E-state index contributed by atoms with van der Waals surface area (Å²) in [6.07, 6.45) is 1.82. The van der Waals surface area contributed by atoms with Gasteiger partial charge in [0.1, 0.15) is 0 Å². The van der Waals surface area contributed by atoms with Crippen molar-refractivity contribution in [2.45, 2.75) is 19.8 Å². The molecule has 5 heteroatoms. The number of amides is 1. The zero-order valence-electron chi connectivity index (χ0n) is 15.7. The first kappa shape index (κ1) is 19.6. The van der Waals surface area contributed by atoms with Gasteiger partial charge >= 0.3 is 0 Å². The molecule has 3 rings (SSSR count). The van der Waals surface area contributed by atoms with Gasteiger partial charge in [0.2, 0.25) is 0 Å². The fourth-order valence-corrected chi connectivity index (χ4v) is 3.13. The van der Waals surface area contributed by atoms with E-state index < -0.39 is 0 Å². The molecule has 0 bridgehead atoms. The maximum absolute atomic E-state index is 12.6. The van der Waals surface area contributed by atoms with Crippen molar-refractivity contribution in [1.29, 1.82) is 5.26 Å². The molecule has 1 amide bonds. The number of rotatable bonds is 5. The summed E-state index contributed by atoms with van der Waals surface area (Å²) in [7, 11) is 0. The number of hydrogen-bond donors (Lipinski definition) is 1. The van der Waals surface area contributed by atoms with E-state index >= 15 is 0 Å². The van der Waals surface area contributed by atoms with Gasteiger partial charge in [0.25, 0.3) is 5.91 Å². The molecule has 4 nitrogen and oxygen atoms in total. The maximum atomic E-state index is 12.6. The highest BCUT2D eigenvalue weighted by molar-refractivity contribution is 6.30. The lowest BCUT2D eigenvalue weighted by molar-refractivity contribution is 0.0952. The van der Waals surface area contributed by atoms with Crippen molar-refractivity contribution in [3.63, 3.8) is 0 Å². The highest BCUT2D eigenvalue weighted by atomic mass is 35.5. The van der Waals surface area contributed by atoms with Crippen LogP contribution in [0.15, 0.2) is 60.8 Å². The maximum Gasteiger partial charge on any atom is 0.251 e. The normalized spacial score (nSPS) is 11.5. The van der Waals surface area contributed by atoms with Crippen molar-refractivity contribution in [3.05, 3.63) is 99.3 Å². The third-order valence-electron chi connectivity index (χ3n) is 4.64. The average Bonchev–Trinajstić information content (AvgIpc) is 2.70. The number of aromatic nitrogens is 1. The van der Waals surface area contributed by atoms with Crippen LogP contribution in [-0.2, 0) is 0 Å². The fraction of sp³-hybridized carbons (Fsp3) is 0.174. The number of benzene rings is 2. The van der Waals surface area contributed by atoms with Crippen LogP contribution in [0.5, 0.6) is 0 Å². The van der Waals surface area contributed by atoms with E-state index in [-0.39, 0.29) is 11.8 Å². The molecular weight excluding hydrogens is 370 g/mol. The number of hydrogen-bond acceptors (Lipinski definition) is 3. The summed E-state index contributed by atoms with van der Waals surface area (Å²) in [6, 6.07) is 18.7. The lowest BCUT2D eigenvalue weighted by Gasteiger charge is -2.18. The quantitative estimate of drug-likeness (QED) is 0.682. The topological polar surface area (TPSA) is 65.8 Å². The molecule has 0 aliphatic heterocycles. The predicted octanol–water partition coefficient (Wildman–Crippen LogP) is 4.79. The minimum Gasteiger partial charge on any atom is -0.351 e. The van der Waals surface area contributed by atoms with Crippen molar-refractivity contribution in [3.8, 4) is 6.07 Å². The third kappa shape index (κ3) is 4.57. The summed E-state index contributed by atoms with van der Waals surface area (Å²) >= 11 is 6.02. The number of carbonyl (C=O) groups excluding carboxylic acids is 1. The molecule has 0 aliphatic rings. The molecule has 0 aliphatic carbocycles. The van der Waals surface area contributed by atoms with E-state index in [1.54, 1.807) is 18.2 Å². The molecule has 1 atom stereocenters. The Morgan fingerprint density at radius 1 is 1.14 bits per heavy atom. The molecule has 2 aromatic carbocycles. The molecule has 3 aromatic rings. The smallest absolute Gasteiger partial charge is 0.251 e. The van der Waals surface area contributed by atoms with Crippen LogP contribution in [0.2, 0.25) is 5.02 Å². The zero-order chi connectivity index (χ0) is 20.1. The van der Waals surface area contributed by atoms with Crippen LogP contribution in [0.3, 0.4) is 0 Å².